The van der Waals surface area contributed by atoms with Crippen LogP contribution in [0.1, 0.15) is 42.4 Å². The summed E-state index contributed by atoms with van der Waals surface area (Å²) in [7, 11) is 0. The smallest absolute Gasteiger partial charge is 0.0105 e. The van der Waals surface area contributed by atoms with Gasteiger partial charge in [0, 0.05) is 0 Å². The van der Waals surface area contributed by atoms with Gasteiger partial charge in [0.05, 0.1) is 0 Å². The summed E-state index contributed by atoms with van der Waals surface area (Å²) < 4.78 is 0. The molecule has 0 saturated heterocycles. The number of rotatable bonds is 3. The lowest BCUT2D eigenvalue weighted by molar-refractivity contribution is 0.114. The van der Waals surface area contributed by atoms with E-state index in [0.717, 1.165) is 5.92 Å². The summed E-state index contributed by atoms with van der Waals surface area (Å²) in [5, 5.41) is 0. The summed E-state index contributed by atoms with van der Waals surface area (Å²) in [6.45, 7) is 4.69. The summed E-state index contributed by atoms with van der Waals surface area (Å²) in [5.41, 5.74) is 4.91. The van der Waals surface area contributed by atoms with Gasteiger partial charge in [0.1, 0.15) is 0 Å². The van der Waals surface area contributed by atoms with Gasteiger partial charge in [-0.2, -0.15) is 0 Å². The normalized spacial score (nSPS) is 25.9. The predicted molar refractivity (Wildman–Crippen MR) is 81.4 cm³/mol. The van der Waals surface area contributed by atoms with E-state index in [1.807, 2.05) is 0 Å². The van der Waals surface area contributed by atoms with Gasteiger partial charge in [0.25, 0.3) is 0 Å². The quantitative estimate of drug-likeness (QED) is 0.709. The molecule has 19 heavy (non-hydrogen) atoms. The molecule has 2 aromatic carbocycles. The molecule has 0 N–H and O–H groups in total. The molecule has 1 aliphatic carbocycles. The zero-order valence-corrected chi connectivity index (χ0v) is 11.9. The van der Waals surface area contributed by atoms with Crippen molar-refractivity contribution in [3.05, 3.63) is 71.3 Å². The maximum Gasteiger partial charge on any atom is -0.0105 e. The summed E-state index contributed by atoms with van der Waals surface area (Å²) in [5.74, 6) is 0.730. The molecular formula is C19H22. The van der Waals surface area contributed by atoms with Crippen LogP contribution in [0.2, 0.25) is 0 Å². The van der Waals surface area contributed by atoms with E-state index in [1.54, 1.807) is 0 Å². The molecule has 0 radical (unpaired) electrons. The molecule has 0 nitrogen and oxygen atoms in total. The molecule has 0 heteroatoms. The van der Waals surface area contributed by atoms with Crippen LogP contribution < -0.4 is 0 Å². The molecule has 3 rings (SSSR count). The predicted octanol–water partition coefficient (Wildman–Crippen LogP) is 5.12. The zero-order chi connectivity index (χ0) is 13.3. The minimum Gasteiger partial charge on any atom is -0.0622 e. The molecule has 98 valence electrons. The minimum atomic E-state index is 0.438. The third-order valence-corrected chi connectivity index (χ3v) is 4.90. The Bertz CT molecular complexity index is 555. The largest absolute Gasteiger partial charge is 0.0622 e. The van der Waals surface area contributed by atoms with Crippen LogP contribution in [-0.2, 0) is 6.42 Å². The molecule has 0 amide bonds. The van der Waals surface area contributed by atoms with Gasteiger partial charge in [0.15, 0.2) is 0 Å². The fourth-order valence-electron chi connectivity index (χ4n) is 3.49. The van der Waals surface area contributed by atoms with Crippen LogP contribution in [0, 0.1) is 12.3 Å². The average Bonchev–Trinajstić information content (AvgIpc) is 2.41. The van der Waals surface area contributed by atoms with Crippen LogP contribution in [-0.4, -0.2) is 0 Å². The highest BCUT2D eigenvalue weighted by Crippen LogP contribution is 2.54. The summed E-state index contributed by atoms with van der Waals surface area (Å²) in [6.07, 6.45) is 3.90. The highest BCUT2D eigenvalue weighted by Gasteiger charge is 2.43. The summed E-state index contributed by atoms with van der Waals surface area (Å²) in [6, 6.07) is 19.9. The monoisotopic (exact) mass is 250 g/mol. The highest BCUT2D eigenvalue weighted by molar-refractivity contribution is 5.31. The van der Waals surface area contributed by atoms with E-state index in [1.165, 1.54) is 36.0 Å². The minimum absolute atomic E-state index is 0.438. The Morgan fingerprint density at radius 1 is 1.00 bits per heavy atom. The lowest BCUT2D eigenvalue weighted by Crippen LogP contribution is -2.37. The maximum atomic E-state index is 2.46. The molecule has 0 heterocycles. The van der Waals surface area contributed by atoms with Gasteiger partial charge in [-0.3, -0.25) is 0 Å². The zero-order valence-electron chi connectivity index (χ0n) is 11.9. The van der Waals surface area contributed by atoms with E-state index >= 15 is 0 Å². The maximum absolute atomic E-state index is 2.46. The molecule has 2 atom stereocenters. The fraction of sp³-hybridized carbons (Fsp3) is 0.368. The first-order valence-corrected chi connectivity index (χ1v) is 7.28. The first-order chi connectivity index (χ1) is 9.19. The highest BCUT2D eigenvalue weighted by atomic mass is 14.5. The van der Waals surface area contributed by atoms with Crippen LogP contribution >= 0.6 is 0 Å². The number of hydrogen-bond acceptors (Lipinski definition) is 0. The average molecular weight is 250 g/mol. The van der Waals surface area contributed by atoms with E-state index in [2.05, 4.69) is 68.4 Å². The molecule has 0 aliphatic heterocycles. The molecular weight excluding hydrogens is 228 g/mol. The Hall–Kier alpha value is -1.56. The Labute approximate surface area is 116 Å². The van der Waals surface area contributed by atoms with E-state index in [4.69, 9.17) is 0 Å². The van der Waals surface area contributed by atoms with Crippen molar-refractivity contribution in [3.8, 4) is 0 Å². The number of benzene rings is 2. The molecule has 0 aromatic heterocycles. The Morgan fingerprint density at radius 3 is 2.32 bits per heavy atom. The van der Waals surface area contributed by atoms with E-state index in [0.29, 0.717) is 5.41 Å². The second-order valence-corrected chi connectivity index (χ2v) is 6.26. The van der Waals surface area contributed by atoms with Crippen molar-refractivity contribution in [1.29, 1.82) is 0 Å². The topological polar surface area (TPSA) is 0 Å². The van der Waals surface area contributed by atoms with Crippen molar-refractivity contribution in [1.82, 2.24) is 0 Å². The van der Waals surface area contributed by atoms with Gasteiger partial charge in [0.2, 0.25) is 0 Å². The SMILES string of the molecule is Cc1ccccc1CC1(C)CCC1c1ccccc1. The van der Waals surface area contributed by atoms with Crippen molar-refractivity contribution in [3.63, 3.8) is 0 Å². The molecule has 2 aromatic rings. The second kappa shape index (κ2) is 4.85. The Balaban J connectivity index is 1.83. The van der Waals surface area contributed by atoms with Crippen LogP contribution in [0.5, 0.6) is 0 Å². The van der Waals surface area contributed by atoms with Crippen LogP contribution in [0.15, 0.2) is 54.6 Å². The van der Waals surface area contributed by atoms with E-state index in [9.17, 15) is 0 Å². The van der Waals surface area contributed by atoms with Gasteiger partial charge >= 0.3 is 0 Å². The van der Waals surface area contributed by atoms with Crippen molar-refractivity contribution < 1.29 is 0 Å². The molecule has 0 spiro atoms. The van der Waals surface area contributed by atoms with Crippen molar-refractivity contribution in [2.24, 2.45) is 5.41 Å². The third-order valence-electron chi connectivity index (χ3n) is 4.90. The molecule has 1 aliphatic rings. The van der Waals surface area contributed by atoms with Crippen molar-refractivity contribution in [2.75, 3.05) is 0 Å². The first kappa shape index (κ1) is 12.5. The Kier molecular flexibility index (Phi) is 3.18. The number of aryl methyl sites for hydroxylation is 1. The van der Waals surface area contributed by atoms with E-state index in [-0.39, 0.29) is 0 Å². The van der Waals surface area contributed by atoms with Crippen LogP contribution in [0.25, 0.3) is 0 Å². The van der Waals surface area contributed by atoms with Crippen molar-refractivity contribution in [2.45, 2.75) is 39.0 Å². The van der Waals surface area contributed by atoms with E-state index < -0.39 is 0 Å². The first-order valence-electron chi connectivity index (χ1n) is 7.28. The van der Waals surface area contributed by atoms with Gasteiger partial charge < -0.3 is 0 Å². The molecule has 0 bridgehead atoms. The van der Waals surface area contributed by atoms with Gasteiger partial charge in [-0.1, -0.05) is 61.5 Å². The summed E-state index contributed by atoms with van der Waals surface area (Å²) in [4.78, 5) is 0. The lowest BCUT2D eigenvalue weighted by Gasteiger charge is -2.48. The molecule has 2 unspecified atom stereocenters. The molecule has 1 saturated carbocycles. The molecule has 1 fully saturated rings. The second-order valence-electron chi connectivity index (χ2n) is 6.26. The Morgan fingerprint density at radius 2 is 1.68 bits per heavy atom. The fourth-order valence-corrected chi connectivity index (χ4v) is 3.49. The van der Waals surface area contributed by atoms with Crippen molar-refractivity contribution >= 4 is 0 Å². The third kappa shape index (κ3) is 2.32. The van der Waals surface area contributed by atoms with Gasteiger partial charge in [-0.05, 0) is 54.2 Å². The van der Waals surface area contributed by atoms with Gasteiger partial charge in [-0.15, -0.1) is 0 Å². The summed E-state index contributed by atoms with van der Waals surface area (Å²) >= 11 is 0. The van der Waals surface area contributed by atoms with Crippen LogP contribution in [0.3, 0.4) is 0 Å². The van der Waals surface area contributed by atoms with Crippen LogP contribution in [0.4, 0.5) is 0 Å². The number of hydrogen-bond donors (Lipinski definition) is 0. The lowest BCUT2D eigenvalue weighted by atomic mass is 9.56. The van der Waals surface area contributed by atoms with Gasteiger partial charge in [-0.25, -0.2) is 0 Å². The standard InChI is InChI=1S/C19H22/c1-15-8-6-7-11-17(15)14-19(2)13-12-18(19)16-9-4-3-5-10-16/h3-11,18H,12-14H2,1-2H3.